The van der Waals surface area contributed by atoms with Crippen LogP contribution in [0.4, 0.5) is 0 Å². The summed E-state index contributed by atoms with van der Waals surface area (Å²) in [5.41, 5.74) is 5.75. The van der Waals surface area contributed by atoms with Crippen LogP contribution in [0.5, 0.6) is 5.75 Å². The standard InChI is InChI=1S/C32H34BrNO5/c1-17-10-18(6-8-20(17)30(37)38)16-39-26-9-7-19(11-21(26)33)27-28-22(12-31(2,3)14-24(28)35)34-23-13-32(4,5)15-25(36)29(23)27/h6-11,27,34H,12-16H2,1-5H3,(H,37,38). The Kier molecular flexibility index (Phi) is 6.86. The van der Waals surface area contributed by atoms with E-state index in [0.717, 1.165) is 51.0 Å². The molecule has 2 aromatic carbocycles. The van der Waals surface area contributed by atoms with Gasteiger partial charge >= 0.3 is 5.97 Å². The van der Waals surface area contributed by atoms with Gasteiger partial charge in [0, 0.05) is 41.3 Å². The van der Waals surface area contributed by atoms with E-state index in [9.17, 15) is 19.5 Å². The van der Waals surface area contributed by atoms with Gasteiger partial charge in [0.2, 0.25) is 0 Å². The maximum atomic E-state index is 13.5. The summed E-state index contributed by atoms with van der Waals surface area (Å²) in [5, 5.41) is 12.8. The number of ether oxygens (including phenoxy) is 1. The molecule has 0 unspecified atom stereocenters. The molecule has 3 aliphatic rings. The second-order valence-electron chi connectivity index (χ2n) is 12.7. The number of carbonyl (C=O) groups is 3. The van der Waals surface area contributed by atoms with Crippen molar-refractivity contribution in [3.8, 4) is 5.75 Å². The first kappa shape index (κ1) is 27.4. The van der Waals surface area contributed by atoms with Crippen LogP contribution in [0, 0.1) is 17.8 Å². The van der Waals surface area contributed by atoms with Crippen LogP contribution in [-0.2, 0) is 16.2 Å². The summed E-state index contributed by atoms with van der Waals surface area (Å²) in [6, 6.07) is 10.9. The lowest BCUT2D eigenvalue weighted by molar-refractivity contribution is -0.119. The van der Waals surface area contributed by atoms with Gasteiger partial charge in [-0.1, -0.05) is 45.9 Å². The number of Topliss-reactive ketones (excluding diaryl/α,β-unsaturated/α-hetero) is 2. The fourth-order valence-electron chi connectivity index (χ4n) is 6.25. The van der Waals surface area contributed by atoms with Crippen LogP contribution in [-0.4, -0.2) is 22.6 Å². The Hall–Kier alpha value is -3.19. The van der Waals surface area contributed by atoms with E-state index in [2.05, 4.69) is 48.9 Å². The molecule has 0 saturated carbocycles. The molecule has 5 rings (SSSR count). The Labute approximate surface area is 237 Å². The third kappa shape index (κ3) is 5.33. The number of aryl methyl sites for hydroxylation is 1. The van der Waals surface area contributed by atoms with Crippen LogP contribution < -0.4 is 10.1 Å². The predicted octanol–water partition coefficient (Wildman–Crippen LogP) is 7.01. The lowest BCUT2D eigenvalue weighted by Crippen LogP contribution is -2.42. The van der Waals surface area contributed by atoms with E-state index in [4.69, 9.17) is 4.74 Å². The van der Waals surface area contributed by atoms with Crippen molar-refractivity contribution in [1.82, 2.24) is 5.32 Å². The number of hydrogen-bond donors (Lipinski definition) is 2. The molecule has 0 radical (unpaired) electrons. The molecule has 1 heterocycles. The van der Waals surface area contributed by atoms with E-state index >= 15 is 0 Å². The number of rotatable bonds is 5. The van der Waals surface area contributed by atoms with Crippen molar-refractivity contribution in [1.29, 1.82) is 0 Å². The number of aromatic carboxylic acids is 1. The highest BCUT2D eigenvalue weighted by molar-refractivity contribution is 9.10. The molecule has 0 bridgehead atoms. The first-order valence-corrected chi connectivity index (χ1v) is 14.1. The van der Waals surface area contributed by atoms with Crippen LogP contribution in [0.3, 0.4) is 0 Å². The Morgan fingerprint density at radius 2 is 1.54 bits per heavy atom. The van der Waals surface area contributed by atoms with Crippen molar-refractivity contribution in [2.24, 2.45) is 10.8 Å². The van der Waals surface area contributed by atoms with Crippen molar-refractivity contribution in [2.75, 3.05) is 0 Å². The number of dihydropyridines is 1. The minimum atomic E-state index is -0.951. The number of carbonyl (C=O) groups excluding carboxylic acids is 2. The minimum absolute atomic E-state index is 0.0968. The van der Waals surface area contributed by atoms with E-state index < -0.39 is 11.9 Å². The summed E-state index contributed by atoms with van der Waals surface area (Å²) in [4.78, 5) is 38.4. The molecule has 0 saturated heterocycles. The first-order chi connectivity index (χ1) is 18.2. The highest BCUT2D eigenvalue weighted by atomic mass is 79.9. The molecule has 0 fully saturated rings. The minimum Gasteiger partial charge on any atom is -0.488 e. The van der Waals surface area contributed by atoms with Crippen LogP contribution in [0.25, 0.3) is 0 Å². The fourth-order valence-corrected chi connectivity index (χ4v) is 6.76. The number of carboxylic acid groups (broad SMARTS) is 1. The summed E-state index contributed by atoms with van der Waals surface area (Å²) in [6.07, 6.45) is 2.43. The molecule has 0 aromatic heterocycles. The van der Waals surface area contributed by atoms with Gasteiger partial charge in [0.25, 0.3) is 0 Å². The van der Waals surface area contributed by atoms with Gasteiger partial charge in [-0.25, -0.2) is 4.79 Å². The van der Waals surface area contributed by atoms with Crippen LogP contribution in [0.2, 0.25) is 0 Å². The molecule has 0 amide bonds. The number of nitrogens with one attached hydrogen (secondary N) is 1. The van der Waals surface area contributed by atoms with Crippen LogP contribution in [0.15, 0.2) is 63.4 Å². The molecule has 0 spiro atoms. The quantitative estimate of drug-likeness (QED) is 0.388. The van der Waals surface area contributed by atoms with E-state index in [1.807, 2.05) is 24.3 Å². The zero-order valence-electron chi connectivity index (χ0n) is 23.0. The normalized spacial score (nSPS) is 20.4. The largest absolute Gasteiger partial charge is 0.488 e. The Bertz CT molecular complexity index is 1430. The predicted molar refractivity (Wildman–Crippen MR) is 153 cm³/mol. The van der Waals surface area contributed by atoms with Gasteiger partial charge in [-0.05, 0) is 81.4 Å². The molecule has 204 valence electrons. The second kappa shape index (κ2) is 9.77. The number of ketones is 2. The topological polar surface area (TPSA) is 92.7 Å². The van der Waals surface area contributed by atoms with E-state index in [1.54, 1.807) is 19.1 Å². The summed E-state index contributed by atoms with van der Waals surface area (Å²) in [7, 11) is 0. The Morgan fingerprint density at radius 3 is 2.05 bits per heavy atom. The smallest absolute Gasteiger partial charge is 0.335 e. The van der Waals surface area contributed by atoms with Crippen molar-refractivity contribution in [3.63, 3.8) is 0 Å². The van der Waals surface area contributed by atoms with Gasteiger partial charge in [0.05, 0.1) is 10.0 Å². The number of halogens is 1. The number of allylic oxidation sites excluding steroid dienone is 4. The van der Waals surface area contributed by atoms with Crippen LogP contribution in [0.1, 0.15) is 86.3 Å². The van der Waals surface area contributed by atoms with Gasteiger partial charge in [-0.3, -0.25) is 9.59 Å². The molecule has 0 atom stereocenters. The van der Waals surface area contributed by atoms with Crippen molar-refractivity contribution in [3.05, 3.63) is 85.7 Å². The van der Waals surface area contributed by atoms with Gasteiger partial charge in [-0.2, -0.15) is 0 Å². The molecule has 2 N–H and O–H groups in total. The zero-order chi connectivity index (χ0) is 28.3. The molecule has 2 aromatic rings. The molecular weight excluding hydrogens is 558 g/mol. The average Bonchev–Trinajstić information content (AvgIpc) is 2.80. The zero-order valence-corrected chi connectivity index (χ0v) is 24.6. The molecule has 6 nitrogen and oxygen atoms in total. The second-order valence-corrected chi connectivity index (χ2v) is 13.5. The third-order valence-electron chi connectivity index (χ3n) is 7.92. The third-order valence-corrected chi connectivity index (χ3v) is 8.54. The first-order valence-electron chi connectivity index (χ1n) is 13.3. The van der Waals surface area contributed by atoms with Crippen LogP contribution >= 0.6 is 15.9 Å². The van der Waals surface area contributed by atoms with E-state index in [-0.39, 0.29) is 34.6 Å². The van der Waals surface area contributed by atoms with Crippen molar-refractivity contribution in [2.45, 2.75) is 72.8 Å². The van der Waals surface area contributed by atoms with Gasteiger partial charge in [0.1, 0.15) is 12.4 Å². The van der Waals surface area contributed by atoms with E-state index in [0.29, 0.717) is 24.2 Å². The number of carboxylic acids is 1. The summed E-state index contributed by atoms with van der Waals surface area (Å²) in [5.74, 6) is -0.532. The van der Waals surface area contributed by atoms with Crippen molar-refractivity contribution >= 4 is 33.5 Å². The lowest BCUT2D eigenvalue weighted by Gasteiger charge is -2.44. The SMILES string of the molecule is Cc1cc(COc2ccc(C3C4=C(CC(C)(C)CC4=O)NC4=C3C(=O)CC(C)(C)C4)cc2Br)ccc1C(=O)O. The highest BCUT2D eigenvalue weighted by Crippen LogP contribution is 2.51. The maximum Gasteiger partial charge on any atom is 0.335 e. The molecule has 2 aliphatic carbocycles. The van der Waals surface area contributed by atoms with Gasteiger partial charge in [-0.15, -0.1) is 0 Å². The summed E-state index contributed by atoms with van der Waals surface area (Å²) in [6.45, 7) is 10.5. The van der Waals surface area contributed by atoms with Gasteiger partial charge in [0.15, 0.2) is 11.6 Å². The average molecular weight is 593 g/mol. The number of hydrogen-bond acceptors (Lipinski definition) is 5. The maximum absolute atomic E-state index is 13.5. The molecular formula is C32H34BrNO5. The highest BCUT2D eigenvalue weighted by Gasteiger charge is 2.46. The molecule has 39 heavy (non-hydrogen) atoms. The van der Waals surface area contributed by atoms with Gasteiger partial charge < -0.3 is 15.2 Å². The lowest BCUT2D eigenvalue weighted by atomic mass is 9.64. The van der Waals surface area contributed by atoms with E-state index in [1.165, 1.54) is 0 Å². The summed E-state index contributed by atoms with van der Waals surface area (Å²) >= 11 is 3.65. The number of benzene rings is 2. The summed E-state index contributed by atoms with van der Waals surface area (Å²) < 4.78 is 6.80. The Balaban J connectivity index is 1.48. The van der Waals surface area contributed by atoms with Crippen molar-refractivity contribution < 1.29 is 24.2 Å². The fraction of sp³-hybridized carbons (Fsp3) is 0.406. The monoisotopic (exact) mass is 591 g/mol. The Morgan fingerprint density at radius 1 is 0.949 bits per heavy atom. The molecule has 1 aliphatic heterocycles. The molecule has 7 heteroatoms.